The fraction of sp³-hybridized carbons (Fsp3) is 0.385. The van der Waals surface area contributed by atoms with Crippen molar-refractivity contribution < 1.29 is 9.59 Å². The van der Waals surface area contributed by atoms with E-state index < -0.39 is 6.04 Å². The second-order valence-electron chi connectivity index (χ2n) is 3.98. The largest absolute Gasteiger partial charge is 0.358 e. The molecule has 0 fully saturated rings. The minimum Gasteiger partial charge on any atom is -0.358 e. The summed E-state index contributed by atoms with van der Waals surface area (Å²) in [6, 6.07) is 9.28. The molecule has 0 aliphatic heterocycles. The Morgan fingerprint density at radius 1 is 1.22 bits per heavy atom. The van der Waals surface area contributed by atoms with Gasteiger partial charge >= 0.3 is 0 Å². The third-order valence-electron chi connectivity index (χ3n) is 2.55. The summed E-state index contributed by atoms with van der Waals surface area (Å²) in [6.07, 6.45) is 0. The van der Waals surface area contributed by atoms with E-state index in [1.165, 1.54) is 0 Å². The molecule has 0 saturated carbocycles. The predicted molar refractivity (Wildman–Crippen MR) is 69.8 cm³/mol. The summed E-state index contributed by atoms with van der Waals surface area (Å²) in [5, 5.41) is 8.14. The zero-order valence-corrected chi connectivity index (χ0v) is 10.7. The molecule has 5 heteroatoms. The van der Waals surface area contributed by atoms with Crippen LogP contribution >= 0.6 is 0 Å². The van der Waals surface area contributed by atoms with E-state index >= 15 is 0 Å². The average molecular weight is 249 g/mol. The van der Waals surface area contributed by atoms with Crippen molar-refractivity contribution in [2.24, 2.45) is 0 Å². The zero-order valence-electron chi connectivity index (χ0n) is 10.7. The molecule has 0 unspecified atom stereocenters. The predicted octanol–water partition coefficient (Wildman–Crippen LogP) is 0.0269. The Morgan fingerprint density at radius 2 is 1.89 bits per heavy atom. The summed E-state index contributed by atoms with van der Waals surface area (Å²) in [7, 11) is 1.56. The van der Waals surface area contributed by atoms with Crippen LogP contribution in [0.5, 0.6) is 0 Å². The van der Waals surface area contributed by atoms with Gasteiger partial charge in [0.2, 0.25) is 11.8 Å². The van der Waals surface area contributed by atoms with Gasteiger partial charge < -0.3 is 10.6 Å². The van der Waals surface area contributed by atoms with Crippen molar-refractivity contribution in [3.8, 4) is 0 Å². The first-order chi connectivity index (χ1) is 8.63. The Hall–Kier alpha value is -1.88. The van der Waals surface area contributed by atoms with Gasteiger partial charge in [-0.1, -0.05) is 30.3 Å². The molecule has 5 nitrogen and oxygen atoms in total. The molecule has 0 radical (unpaired) electrons. The fourth-order valence-corrected chi connectivity index (χ4v) is 1.37. The number of benzene rings is 1. The number of carbonyl (C=O) groups is 2. The highest BCUT2D eigenvalue weighted by atomic mass is 16.2. The maximum atomic E-state index is 11.7. The highest BCUT2D eigenvalue weighted by Crippen LogP contribution is 1.97. The maximum absolute atomic E-state index is 11.7. The molecule has 0 heterocycles. The minimum absolute atomic E-state index is 0.122. The first-order valence-electron chi connectivity index (χ1n) is 5.89. The Bertz CT molecular complexity index is 392. The second kappa shape index (κ2) is 7.45. The van der Waals surface area contributed by atoms with E-state index in [1.54, 1.807) is 14.0 Å². The number of hydrogen-bond acceptors (Lipinski definition) is 3. The molecular formula is C13H19N3O2. The molecule has 0 aromatic heterocycles. The van der Waals surface area contributed by atoms with Gasteiger partial charge in [-0.2, -0.15) is 0 Å². The topological polar surface area (TPSA) is 70.2 Å². The first-order valence-corrected chi connectivity index (χ1v) is 5.89. The van der Waals surface area contributed by atoms with Gasteiger partial charge in [-0.15, -0.1) is 0 Å². The summed E-state index contributed by atoms with van der Waals surface area (Å²) in [4.78, 5) is 22.7. The van der Waals surface area contributed by atoms with Gasteiger partial charge in [0.25, 0.3) is 0 Å². The second-order valence-corrected chi connectivity index (χ2v) is 3.98. The van der Waals surface area contributed by atoms with Gasteiger partial charge in [0.05, 0.1) is 12.6 Å². The Kier molecular flexibility index (Phi) is 5.87. The number of carbonyl (C=O) groups excluding carboxylic acids is 2. The van der Waals surface area contributed by atoms with Crippen LogP contribution in [0.1, 0.15) is 12.5 Å². The van der Waals surface area contributed by atoms with E-state index in [4.69, 9.17) is 0 Å². The van der Waals surface area contributed by atoms with Crippen LogP contribution in [0.15, 0.2) is 30.3 Å². The van der Waals surface area contributed by atoms with Gasteiger partial charge in [-0.25, -0.2) is 0 Å². The van der Waals surface area contributed by atoms with Crippen molar-refractivity contribution in [1.82, 2.24) is 16.0 Å². The van der Waals surface area contributed by atoms with Crippen LogP contribution < -0.4 is 16.0 Å². The first kappa shape index (κ1) is 14.2. The number of amides is 2. The fourth-order valence-electron chi connectivity index (χ4n) is 1.37. The van der Waals surface area contributed by atoms with Crippen molar-refractivity contribution in [3.05, 3.63) is 35.9 Å². The lowest BCUT2D eigenvalue weighted by molar-refractivity contribution is -0.123. The van der Waals surface area contributed by atoms with E-state index in [-0.39, 0.29) is 18.4 Å². The number of likely N-dealkylation sites (N-methyl/N-ethyl adjacent to an activating group) is 1. The van der Waals surface area contributed by atoms with E-state index in [2.05, 4.69) is 16.0 Å². The lowest BCUT2D eigenvalue weighted by Crippen LogP contribution is -2.45. The summed E-state index contributed by atoms with van der Waals surface area (Å²) in [5.41, 5.74) is 1.05. The van der Waals surface area contributed by atoms with Crippen LogP contribution in [0.25, 0.3) is 0 Å². The third-order valence-corrected chi connectivity index (χ3v) is 2.55. The average Bonchev–Trinajstić information content (AvgIpc) is 2.42. The molecule has 0 aliphatic carbocycles. The van der Waals surface area contributed by atoms with Crippen LogP contribution in [0.4, 0.5) is 0 Å². The van der Waals surface area contributed by atoms with Gasteiger partial charge in [-0.3, -0.25) is 14.9 Å². The summed E-state index contributed by atoms with van der Waals surface area (Å²) < 4.78 is 0. The molecule has 1 aromatic carbocycles. The molecule has 1 aromatic rings. The molecule has 3 N–H and O–H groups in total. The molecule has 0 saturated heterocycles. The van der Waals surface area contributed by atoms with Crippen molar-refractivity contribution in [3.63, 3.8) is 0 Å². The minimum atomic E-state index is -0.397. The smallest absolute Gasteiger partial charge is 0.237 e. The maximum Gasteiger partial charge on any atom is 0.237 e. The van der Waals surface area contributed by atoms with Gasteiger partial charge in [0.1, 0.15) is 0 Å². The van der Waals surface area contributed by atoms with Crippen LogP contribution in [0.3, 0.4) is 0 Å². The molecular weight excluding hydrogens is 230 g/mol. The molecule has 0 spiro atoms. The van der Waals surface area contributed by atoms with Gasteiger partial charge in [0, 0.05) is 13.6 Å². The third kappa shape index (κ3) is 4.97. The highest BCUT2D eigenvalue weighted by Gasteiger charge is 2.12. The van der Waals surface area contributed by atoms with Crippen LogP contribution in [-0.2, 0) is 16.1 Å². The molecule has 18 heavy (non-hydrogen) atoms. The quantitative estimate of drug-likeness (QED) is 0.666. The molecule has 98 valence electrons. The van der Waals surface area contributed by atoms with Gasteiger partial charge in [-0.05, 0) is 12.5 Å². The SMILES string of the molecule is CNC(=O)CN[C@H](C)C(=O)NCc1ccccc1. The highest BCUT2D eigenvalue weighted by molar-refractivity contribution is 5.83. The van der Waals surface area contributed by atoms with Crippen LogP contribution in [0, 0.1) is 0 Å². The van der Waals surface area contributed by atoms with Crippen molar-refractivity contribution in [2.45, 2.75) is 19.5 Å². The molecule has 0 bridgehead atoms. The Labute approximate surface area is 107 Å². The number of nitrogens with one attached hydrogen (secondary N) is 3. The monoisotopic (exact) mass is 249 g/mol. The van der Waals surface area contributed by atoms with Crippen molar-refractivity contribution in [2.75, 3.05) is 13.6 Å². The van der Waals surface area contributed by atoms with E-state index in [0.717, 1.165) is 5.56 Å². The standard InChI is InChI=1S/C13H19N3O2/c1-10(15-9-12(17)14-2)13(18)16-8-11-6-4-3-5-7-11/h3-7,10,15H,8-9H2,1-2H3,(H,14,17)(H,16,18)/t10-/m1/s1. The summed E-state index contributed by atoms with van der Waals surface area (Å²) in [5.74, 6) is -0.263. The molecule has 1 atom stereocenters. The Balaban J connectivity index is 2.30. The van der Waals surface area contributed by atoms with Crippen LogP contribution in [0.2, 0.25) is 0 Å². The summed E-state index contributed by atoms with van der Waals surface area (Å²) >= 11 is 0. The molecule has 2 amide bonds. The summed E-state index contributed by atoms with van der Waals surface area (Å²) in [6.45, 7) is 2.35. The number of hydrogen-bond donors (Lipinski definition) is 3. The number of rotatable bonds is 6. The van der Waals surface area contributed by atoms with E-state index in [0.29, 0.717) is 6.54 Å². The van der Waals surface area contributed by atoms with E-state index in [9.17, 15) is 9.59 Å². The lowest BCUT2D eigenvalue weighted by Gasteiger charge is -2.13. The normalized spacial score (nSPS) is 11.7. The van der Waals surface area contributed by atoms with Gasteiger partial charge in [0.15, 0.2) is 0 Å². The lowest BCUT2D eigenvalue weighted by atomic mass is 10.2. The van der Waals surface area contributed by atoms with E-state index in [1.807, 2.05) is 30.3 Å². The van der Waals surface area contributed by atoms with Crippen molar-refractivity contribution >= 4 is 11.8 Å². The molecule has 1 rings (SSSR count). The molecule has 0 aliphatic rings. The van der Waals surface area contributed by atoms with Crippen LogP contribution in [-0.4, -0.2) is 31.4 Å². The van der Waals surface area contributed by atoms with Crippen molar-refractivity contribution in [1.29, 1.82) is 0 Å². The Morgan fingerprint density at radius 3 is 2.50 bits per heavy atom. The zero-order chi connectivity index (χ0) is 13.4.